The highest BCUT2D eigenvalue weighted by molar-refractivity contribution is 5.79. The molecule has 8 nitrogen and oxygen atoms in total. The Morgan fingerprint density at radius 2 is 1.85 bits per heavy atom. The van der Waals surface area contributed by atoms with Crippen molar-refractivity contribution in [3.05, 3.63) is 60.0 Å². The zero-order valence-electron chi connectivity index (χ0n) is 19.3. The van der Waals surface area contributed by atoms with E-state index in [9.17, 15) is 4.79 Å². The molecule has 0 radical (unpaired) electrons. The molecule has 1 fully saturated rings. The Labute approximate surface area is 193 Å². The first-order valence-electron chi connectivity index (χ1n) is 11.2. The third-order valence-corrected chi connectivity index (χ3v) is 6.09. The molecule has 1 saturated heterocycles. The number of amides is 1. The number of aromatic nitrogens is 2. The number of methoxy groups -OCH3 is 2. The van der Waals surface area contributed by atoms with Gasteiger partial charge in [-0.1, -0.05) is 35.5 Å². The predicted octanol–water partition coefficient (Wildman–Crippen LogP) is 3.84. The lowest BCUT2D eigenvalue weighted by Gasteiger charge is -2.30. The van der Waals surface area contributed by atoms with Crippen molar-refractivity contribution in [2.45, 2.75) is 32.4 Å². The zero-order chi connectivity index (χ0) is 23.2. The van der Waals surface area contributed by atoms with Crippen LogP contribution in [0.3, 0.4) is 0 Å². The fourth-order valence-electron chi connectivity index (χ4n) is 4.11. The number of carbonyl (C=O) groups excluding carboxylic acids is 1. The van der Waals surface area contributed by atoms with Crippen LogP contribution in [0.4, 0.5) is 0 Å². The molecule has 1 N–H and O–H groups in total. The average molecular weight is 451 g/mol. The van der Waals surface area contributed by atoms with E-state index in [0.29, 0.717) is 29.8 Å². The number of benzene rings is 2. The molecule has 0 bridgehead atoms. The van der Waals surface area contributed by atoms with E-state index >= 15 is 0 Å². The number of rotatable bonds is 8. The number of ether oxygens (including phenoxy) is 2. The second-order valence-corrected chi connectivity index (χ2v) is 8.27. The summed E-state index contributed by atoms with van der Waals surface area (Å²) in [5.74, 6) is 2.48. The minimum absolute atomic E-state index is 0.00474. The van der Waals surface area contributed by atoms with E-state index in [1.54, 1.807) is 14.2 Å². The van der Waals surface area contributed by atoms with Gasteiger partial charge < -0.3 is 19.3 Å². The van der Waals surface area contributed by atoms with Crippen LogP contribution >= 0.6 is 0 Å². The maximum atomic E-state index is 12.7. The fraction of sp³-hybridized carbons (Fsp3) is 0.400. The summed E-state index contributed by atoms with van der Waals surface area (Å²) in [7, 11) is 3.19. The quantitative estimate of drug-likeness (QED) is 0.558. The highest BCUT2D eigenvalue weighted by Gasteiger charge is 2.27. The lowest BCUT2D eigenvalue weighted by molar-refractivity contribution is -0.127. The summed E-state index contributed by atoms with van der Waals surface area (Å²) >= 11 is 0. The van der Waals surface area contributed by atoms with E-state index in [0.717, 1.165) is 37.1 Å². The van der Waals surface area contributed by atoms with E-state index in [2.05, 4.69) is 20.4 Å². The summed E-state index contributed by atoms with van der Waals surface area (Å²) in [5, 5.41) is 7.27. The minimum atomic E-state index is 0.00474. The Morgan fingerprint density at radius 3 is 2.55 bits per heavy atom. The first-order valence-corrected chi connectivity index (χ1v) is 11.2. The van der Waals surface area contributed by atoms with Crippen molar-refractivity contribution in [3.8, 4) is 22.9 Å². The lowest BCUT2D eigenvalue weighted by Crippen LogP contribution is -2.40. The molecule has 2 aromatic carbocycles. The van der Waals surface area contributed by atoms with E-state index in [1.165, 1.54) is 0 Å². The highest BCUT2D eigenvalue weighted by atomic mass is 16.5. The summed E-state index contributed by atoms with van der Waals surface area (Å²) in [6, 6.07) is 15.6. The summed E-state index contributed by atoms with van der Waals surface area (Å²) in [5.41, 5.74) is 1.91. The van der Waals surface area contributed by atoms with Crippen LogP contribution in [-0.4, -0.2) is 48.3 Å². The van der Waals surface area contributed by atoms with Crippen LogP contribution in [0.15, 0.2) is 53.1 Å². The topological polar surface area (TPSA) is 89.7 Å². The van der Waals surface area contributed by atoms with Crippen molar-refractivity contribution in [2.24, 2.45) is 5.92 Å². The number of hydrogen-bond donors (Lipinski definition) is 1. The van der Waals surface area contributed by atoms with Crippen molar-refractivity contribution in [3.63, 3.8) is 0 Å². The fourth-order valence-corrected chi connectivity index (χ4v) is 4.11. The SMILES string of the molecule is COc1ccc(-c2noc(CN3CCC(C(=O)NC(C)c4ccccc4)CC3)n2)cc1OC. The van der Waals surface area contributed by atoms with Gasteiger partial charge in [0.2, 0.25) is 17.6 Å². The van der Waals surface area contributed by atoms with E-state index in [4.69, 9.17) is 14.0 Å². The molecular weight excluding hydrogens is 420 g/mol. The van der Waals surface area contributed by atoms with Crippen LogP contribution in [0.5, 0.6) is 11.5 Å². The predicted molar refractivity (Wildman–Crippen MR) is 124 cm³/mol. The molecule has 8 heteroatoms. The summed E-state index contributed by atoms with van der Waals surface area (Å²) in [6.07, 6.45) is 1.62. The van der Waals surface area contributed by atoms with Crippen molar-refractivity contribution >= 4 is 5.91 Å². The first kappa shape index (κ1) is 22.8. The van der Waals surface area contributed by atoms with Gasteiger partial charge in [-0.05, 0) is 56.6 Å². The summed E-state index contributed by atoms with van der Waals surface area (Å²) in [4.78, 5) is 19.5. The second kappa shape index (κ2) is 10.5. The third-order valence-electron chi connectivity index (χ3n) is 6.09. The van der Waals surface area contributed by atoms with Crippen LogP contribution in [0.2, 0.25) is 0 Å². The molecular formula is C25H30N4O4. The van der Waals surface area contributed by atoms with Gasteiger partial charge in [-0.15, -0.1) is 0 Å². The molecule has 4 rings (SSSR count). The Bertz CT molecular complexity index is 1060. The van der Waals surface area contributed by atoms with Gasteiger partial charge >= 0.3 is 0 Å². The Morgan fingerprint density at radius 1 is 1.12 bits per heavy atom. The van der Waals surface area contributed by atoms with Gasteiger partial charge in [0.15, 0.2) is 11.5 Å². The van der Waals surface area contributed by atoms with Gasteiger partial charge in [-0.25, -0.2) is 0 Å². The van der Waals surface area contributed by atoms with Gasteiger partial charge in [0.1, 0.15) is 0 Å². The normalized spacial score (nSPS) is 15.7. The molecule has 1 unspecified atom stereocenters. The van der Waals surface area contributed by atoms with E-state index in [-0.39, 0.29) is 17.9 Å². The number of hydrogen-bond acceptors (Lipinski definition) is 7. The molecule has 0 aliphatic carbocycles. The maximum Gasteiger partial charge on any atom is 0.241 e. The van der Waals surface area contributed by atoms with Crippen LogP contribution in [-0.2, 0) is 11.3 Å². The monoisotopic (exact) mass is 450 g/mol. The molecule has 1 aromatic heterocycles. The van der Waals surface area contributed by atoms with Gasteiger partial charge in [0, 0.05) is 11.5 Å². The van der Waals surface area contributed by atoms with Crippen LogP contribution in [0.25, 0.3) is 11.4 Å². The smallest absolute Gasteiger partial charge is 0.241 e. The standard InChI is InChI=1S/C25H30N4O4/c1-17(18-7-5-4-6-8-18)26-25(30)19-11-13-29(14-12-19)16-23-27-24(28-33-23)20-9-10-21(31-2)22(15-20)32-3/h4-10,15,17,19H,11-14,16H2,1-3H3,(H,26,30). The van der Waals surface area contributed by atoms with Crippen molar-refractivity contribution in [1.82, 2.24) is 20.4 Å². The molecule has 33 heavy (non-hydrogen) atoms. The second-order valence-electron chi connectivity index (χ2n) is 8.27. The molecule has 1 aliphatic rings. The molecule has 1 aliphatic heterocycles. The van der Waals surface area contributed by atoms with Gasteiger partial charge in [0.25, 0.3) is 0 Å². The third kappa shape index (κ3) is 5.51. The number of likely N-dealkylation sites (tertiary alicyclic amines) is 1. The lowest BCUT2D eigenvalue weighted by atomic mass is 9.95. The number of nitrogens with one attached hydrogen (secondary N) is 1. The highest BCUT2D eigenvalue weighted by Crippen LogP contribution is 2.31. The van der Waals surface area contributed by atoms with Crippen LogP contribution in [0.1, 0.15) is 37.3 Å². The van der Waals surface area contributed by atoms with Gasteiger partial charge in [-0.3, -0.25) is 9.69 Å². The van der Waals surface area contributed by atoms with Crippen LogP contribution in [0, 0.1) is 5.92 Å². The van der Waals surface area contributed by atoms with Crippen molar-refractivity contribution < 1.29 is 18.8 Å². The molecule has 1 atom stereocenters. The first-order chi connectivity index (χ1) is 16.1. The van der Waals surface area contributed by atoms with Crippen LogP contribution < -0.4 is 14.8 Å². The summed E-state index contributed by atoms with van der Waals surface area (Å²) < 4.78 is 16.1. The molecule has 1 amide bonds. The Kier molecular flexibility index (Phi) is 7.24. The Hall–Kier alpha value is -3.39. The molecule has 0 spiro atoms. The number of carbonyl (C=O) groups is 1. The molecule has 3 aromatic rings. The Balaban J connectivity index is 1.29. The van der Waals surface area contributed by atoms with Crippen molar-refractivity contribution in [1.29, 1.82) is 0 Å². The van der Waals surface area contributed by atoms with E-state index in [1.807, 2.05) is 55.5 Å². The number of nitrogens with zero attached hydrogens (tertiary/aromatic N) is 3. The summed E-state index contributed by atoms with van der Waals surface area (Å²) in [6.45, 7) is 4.21. The minimum Gasteiger partial charge on any atom is -0.493 e. The molecule has 174 valence electrons. The molecule has 0 saturated carbocycles. The van der Waals surface area contributed by atoms with Gasteiger partial charge in [0.05, 0.1) is 26.8 Å². The zero-order valence-corrected chi connectivity index (χ0v) is 19.3. The van der Waals surface area contributed by atoms with Crippen molar-refractivity contribution in [2.75, 3.05) is 27.3 Å². The largest absolute Gasteiger partial charge is 0.493 e. The molecule has 2 heterocycles. The van der Waals surface area contributed by atoms with E-state index < -0.39 is 0 Å². The maximum absolute atomic E-state index is 12.7. The van der Waals surface area contributed by atoms with Gasteiger partial charge in [-0.2, -0.15) is 4.98 Å². The average Bonchev–Trinajstić information content (AvgIpc) is 3.33. The number of piperidine rings is 1.